The first kappa shape index (κ1) is 26.5. The topological polar surface area (TPSA) is 132 Å². The van der Waals surface area contributed by atoms with Crippen LogP contribution in [0.25, 0.3) is 33.4 Å². The molecule has 0 radical (unpaired) electrons. The first-order chi connectivity index (χ1) is 18.4. The molecule has 15 heteroatoms. The third-order valence-electron chi connectivity index (χ3n) is 6.00. The van der Waals surface area contributed by atoms with Crippen LogP contribution < -0.4 is 14.8 Å². The Morgan fingerprint density at radius 1 is 1.31 bits per heavy atom. The lowest BCUT2D eigenvalue weighted by Crippen LogP contribution is -2.46. The lowest BCUT2D eigenvalue weighted by molar-refractivity contribution is -0.126. The van der Waals surface area contributed by atoms with E-state index in [9.17, 15) is 27.5 Å². The third-order valence-corrected chi connectivity index (χ3v) is 6.00. The molecule has 0 unspecified atom stereocenters. The zero-order valence-electron chi connectivity index (χ0n) is 21.1. The van der Waals surface area contributed by atoms with Gasteiger partial charge in [-0.3, -0.25) is 9.48 Å². The fourth-order valence-corrected chi connectivity index (χ4v) is 4.62. The number of carbonyl (C=O) groups is 1. The molecule has 1 aliphatic rings. The molecule has 1 aliphatic heterocycles. The van der Waals surface area contributed by atoms with Crippen LogP contribution in [0.4, 0.5) is 17.6 Å². The predicted molar refractivity (Wildman–Crippen MR) is 129 cm³/mol. The van der Waals surface area contributed by atoms with Crippen LogP contribution in [-0.4, -0.2) is 65.4 Å². The lowest BCUT2D eigenvalue weighted by atomic mass is 10.0. The Morgan fingerprint density at radius 2 is 2.08 bits per heavy atom. The molecule has 0 spiro atoms. The minimum Gasteiger partial charge on any atom is -0.475 e. The molecule has 0 aliphatic carbocycles. The van der Waals surface area contributed by atoms with Gasteiger partial charge < -0.3 is 24.9 Å². The number of H-pyrrole nitrogens is 1. The molecular weight excluding hydrogens is 526 g/mol. The Bertz CT molecular complexity index is 1520. The largest absolute Gasteiger partial charge is 0.475 e. The van der Waals surface area contributed by atoms with Gasteiger partial charge in [0.05, 0.1) is 41.4 Å². The number of ether oxygens (including phenoxy) is 2. The van der Waals surface area contributed by atoms with E-state index in [-0.39, 0.29) is 47.8 Å². The zero-order chi connectivity index (χ0) is 28.1. The standard InChI is InChI=1S/C24H25F4N7O4/c1-24(2,37)7-14(36)30-11-8-35-22(38-10-11)16(18(32-35)19(25)26)17-15(12-5-4-6-29-20(12)31-17)13-9-34(3)33-21(13)39-23(27)28/h4-6,9,11,19,23,37H,7-8,10H2,1-3H3,(H,29,31)(H,30,36)/t11-/m0/s1. The molecule has 0 bridgehead atoms. The van der Waals surface area contributed by atoms with Gasteiger partial charge in [0.25, 0.3) is 6.43 Å². The number of hydrogen-bond donors (Lipinski definition) is 3. The molecule has 5 heterocycles. The average Bonchev–Trinajstić information content (AvgIpc) is 3.49. The van der Waals surface area contributed by atoms with Crippen molar-refractivity contribution in [3.8, 4) is 34.1 Å². The van der Waals surface area contributed by atoms with Crippen LogP contribution in [0.3, 0.4) is 0 Å². The second-order valence-electron chi connectivity index (χ2n) is 9.79. The van der Waals surface area contributed by atoms with Crippen molar-refractivity contribution in [1.82, 2.24) is 34.8 Å². The van der Waals surface area contributed by atoms with Gasteiger partial charge in [-0.05, 0) is 26.0 Å². The van der Waals surface area contributed by atoms with E-state index >= 15 is 0 Å². The predicted octanol–water partition coefficient (Wildman–Crippen LogP) is 3.40. The number of fused-ring (bicyclic) bond motifs is 2. The number of aryl methyl sites for hydroxylation is 1. The summed E-state index contributed by atoms with van der Waals surface area (Å²) in [6.45, 7) is -0.225. The van der Waals surface area contributed by atoms with E-state index in [4.69, 9.17) is 4.74 Å². The smallest absolute Gasteiger partial charge is 0.388 e. The molecule has 208 valence electrons. The Morgan fingerprint density at radius 3 is 2.77 bits per heavy atom. The number of nitrogens with one attached hydrogen (secondary N) is 2. The molecule has 11 nitrogen and oxygen atoms in total. The van der Waals surface area contributed by atoms with Crippen molar-refractivity contribution in [2.75, 3.05) is 6.61 Å². The molecule has 5 rings (SSSR count). The Hall–Kier alpha value is -4.14. The highest BCUT2D eigenvalue weighted by molar-refractivity contribution is 6.04. The average molecular weight is 552 g/mol. The van der Waals surface area contributed by atoms with Crippen molar-refractivity contribution in [2.45, 2.75) is 51.5 Å². The van der Waals surface area contributed by atoms with Crippen LogP contribution in [0.1, 0.15) is 32.4 Å². The molecule has 4 aromatic rings. The highest BCUT2D eigenvalue weighted by Gasteiger charge is 2.35. The maximum Gasteiger partial charge on any atom is 0.388 e. The number of aromatic amines is 1. The van der Waals surface area contributed by atoms with E-state index in [1.165, 1.54) is 42.7 Å². The van der Waals surface area contributed by atoms with E-state index in [0.29, 0.717) is 11.0 Å². The maximum atomic E-state index is 14.3. The molecule has 1 amide bonds. The van der Waals surface area contributed by atoms with Gasteiger partial charge in [-0.15, -0.1) is 5.10 Å². The quantitative estimate of drug-likeness (QED) is 0.286. The van der Waals surface area contributed by atoms with E-state index in [1.807, 2.05) is 0 Å². The van der Waals surface area contributed by atoms with Gasteiger partial charge in [-0.1, -0.05) is 0 Å². The van der Waals surface area contributed by atoms with Crippen molar-refractivity contribution in [2.24, 2.45) is 7.05 Å². The third kappa shape index (κ3) is 5.26. The minimum atomic E-state index is -3.17. The summed E-state index contributed by atoms with van der Waals surface area (Å²) in [7, 11) is 1.51. The molecule has 0 aromatic carbocycles. The van der Waals surface area contributed by atoms with Crippen LogP contribution >= 0.6 is 0 Å². The number of pyridine rings is 1. The second kappa shape index (κ2) is 9.87. The summed E-state index contributed by atoms with van der Waals surface area (Å²) in [6, 6.07) is 2.68. The maximum absolute atomic E-state index is 14.3. The number of carbonyl (C=O) groups excluding carboxylic acids is 1. The van der Waals surface area contributed by atoms with Crippen molar-refractivity contribution in [1.29, 1.82) is 0 Å². The van der Waals surface area contributed by atoms with E-state index in [0.717, 1.165) is 0 Å². The van der Waals surface area contributed by atoms with Gasteiger partial charge in [0.15, 0.2) is 0 Å². The van der Waals surface area contributed by atoms with Gasteiger partial charge >= 0.3 is 6.61 Å². The molecule has 39 heavy (non-hydrogen) atoms. The minimum absolute atomic E-state index is 0.00584. The summed E-state index contributed by atoms with van der Waals surface area (Å²) in [5.74, 6) is -0.826. The van der Waals surface area contributed by atoms with Crippen molar-refractivity contribution >= 4 is 16.9 Å². The Labute approximate surface area is 218 Å². The molecule has 1 atom stereocenters. The van der Waals surface area contributed by atoms with Crippen molar-refractivity contribution in [3.05, 3.63) is 30.2 Å². The SMILES string of the molecule is Cn1cc(-c2c(-c3c(C(F)F)nn4c3OC[C@@H](NC(=O)CC(C)(C)O)C4)[nH]c3ncccc23)c(OC(F)F)n1. The highest BCUT2D eigenvalue weighted by Crippen LogP contribution is 2.47. The summed E-state index contributed by atoms with van der Waals surface area (Å²) in [5.41, 5.74) is -1.12. The van der Waals surface area contributed by atoms with Crippen LogP contribution in [0.15, 0.2) is 24.5 Å². The van der Waals surface area contributed by atoms with Crippen molar-refractivity contribution in [3.63, 3.8) is 0 Å². The first-order valence-corrected chi connectivity index (χ1v) is 11.9. The summed E-state index contributed by atoms with van der Waals surface area (Å²) >= 11 is 0. The number of hydrogen-bond acceptors (Lipinski definition) is 7. The fourth-order valence-electron chi connectivity index (χ4n) is 4.62. The van der Waals surface area contributed by atoms with Crippen LogP contribution in [0.5, 0.6) is 11.8 Å². The monoisotopic (exact) mass is 551 g/mol. The molecule has 0 fully saturated rings. The molecule has 0 saturated carbocycles. The Balaban J connectivity index is 1.62. The highest BCUT2D eigenvalue weighted by atomic mass is 19.3. The molecule has 0 saturated heterocycles. The lowest BCUT2D eigenvalue weighted by Gasteiger charge is -2.26. The van der Waals surface area contributed by atoms with Gasteiger partial charge in [0, 0.05) is 30.4 Å². The van der Waals surface area contributed by atoms with E-state index in [2.05, 4.69) is 30.2 Å². The number of rotatable bonds is 8. The summed E-state index contributed by atoms with van der Waals surface area (Å²) in [6.07, 6.45) is -0.264. The number of alkyl halides is 4. The molecular formula is C24H25F4N7O4. The van der Waals surface area contributed by atoms with Gasteiger partial charge in [0.1, 0.15) is 17.9 Å². The van der Waals surface area contributed by atoms with Crippen LogP contribution in [-0.2, 0) is 18.4 Å². The van der Waals surface area contributed by atoms with Crippen LogP contribution in [0.2, 0.25) is 0 Å². The van der Waals surface area contributed by atoms with Gasteiger partial charge in [0.2, 0.25) is 17.7 Å². The first-order valence-electron chi connectivity index (χ1n) is 11.9. The Kier molecular flexibility index (Phi) is 6.70. The summed E-state index contributed by atoms with van der Waals surface area (Å²) in [5, 5.41) is 21.1. The number of aromatic nitrogens is 6. The molecule has 3 N–H and O–H groups in total. The van der Waals surface area contributed by atoms with Gasteiger partial charge in [-0.25, -0.2) is 18.4 Å². The number of halogens is 4. The molecule has 4 aromatic heterocycles. The van der Waals surface area contributed by atoms with E-state index in [1.54, 1.807) is 12.1 Å². The van der Waals surface area contributed by atoms with Crippen molar-refractivity contribution < 1.29 is 36.9 Å². The number of amides is 1. The fraction of sp³-hybridized carbons (Fsp3) is 0.417. The summed E-state index contributed by atoms with van der Waals surface area (Å²) in [4.78, 5) is 19.6. The normalized spacial score (nSPS) is 15.6. The second-order valence-corrected chi connectivity index (χ2v) is 9.79. The van der Waals surface area contributed by atoms with Gasteiger partial charge in [-0.2, -0.15) is 13.9 Å². The number of nitrogens with zero attached hydrogens (tertiary/aromatic N) is 5. The van der Waals surface area contributed by atoms with E-state index < -0.39 is 42.2 Å². The summed E-state index contributed by atoms with van der Waals surface area (Å²) < 4.78 is 68.0. The zero-order valence-corrected chi connectivity index (χ0v) is 21.1. The number of aliphatic hydroxyl groups is 1. The van der Waals surface area contributed by atoms with Crippen LogP contribution in [0, 0.1) is 0 Å².